The third-order valence-corrected chi connectivity index (χ3v) is 5.30. The molecule has 2 aromatic rings. The van der Waals surface area contributed by atoms with Crippen LogP contribution in [0.4, 0.5) is 13.2 Å². The summed E-state index contributed by atoms with van der Waals surface area (Å²) in [6.45, 7) is 5.91. The number of halogens is 3. The normalized spacial score (nSPS) is 16.2. The molecular formula is C21H27F3N4O2. The first-order valence-electron chi connectivity index (χ1n) is 10.1. The highest BCUT2D eigenvalue weighted by atomic mass is 19.4. The molecule has 6 nitrogen and oxygen atoms in total. The van der Waals surface area contributed by atoms with Crippen LogP contribution in [0.1, 0.15) is 54.6 Å². The fraction of sp³-hybridized carbons (Fsp3) is 0.571. The maximum absolute atomic E-state index is 12.5. The van der Waals surface area contributed by atoms with Gasteiger partial charge < -0.3 is 4.74 Å². The number of carbonyl (C=O) groups excluding carboxylic acids is 1. The Kier molecular flexibility index (Phi) is 6.80. The van der Waals surface area contributed by atoms with E-state index in [0.29, 0.717) is 31.8 Å². The molecule has 9 heteroatoms. The molecule has 0 amide bonds. The van der Waals surface area contributed by atoms with Crippen LogP contribution in [0.2, 0.25) is 0 Å². The number of ether oxygens (including phenoxy) is 1. The fourth-order valence-corrected chi connectivity index (χ4v) is 3.70. The Labute approximate surface area is 174 Å². The highest BCUT2D eigenvalue weighted by Gasteiger charge is 2.32. The van der Waals surface area contributed by atoms with Crippen molar-refractivity contribution in [2.75, 3.05) is 26.2 Å². The SMILES string of the molecule is Cc1nc(C(=O)OCC2CCN(CC(F)(F)F)CC2)nn1-c1ccccc1C(C)C. The van der Waals surface area contributed by atoms with E-state index in [2.05, 4.69) is 23.9 Å². The van der Waals surface area contributed by atoms with Crippen LogP contribution in [-0.4, -0.2) is 58.1 Å². The number of aromatic nitrogens is 3. The average molecular weight is 424 g/mol. The Balaban J connectivity index is 1.58. The van der Waals surface area contributed by atoms with Crippen molar-refractivity contribution < 1.29 is 22.7 Å². The van der Waals surface area contributed by atoms with Crippen molar-refractivity contribution in [1.82, 2.24) is 19.7 Å². The minimum atomic E-state index is -4.18. The van der Waals surface area contributed by atoms with Crippen LogP contribution >= 0.6 is 0 Å². The van der Waals surface area contributed by atoms with Gasteiger partial charge in [-0.05, 0) is 56.3 Å². The molecular weight excluding hydrogens is 397 g/mol. The lowest BCUT2D eigenvalue weighted by atomic mass is 9.98. The molecule has 0 N–H and O–H groups in total. The van der Waals surface area contributed by atoms with Crippen LogP contribution < -0.4 is 0 Å². The monoisotopic (exact) mass is 424 g/mol. The molecule has 1 fully saturated rings. The second kappa shape index (κ2) is 9.16. The van der Waals surface area contributed by atoms with E-state index in [0.717, 1.165) is 11.3 Å². The van der Waals surface area contributed by atoms with E-state index < -0.39 is 18.7 Å². The topological polar surface area (TPSA) is 60.2 Å². The van der Waals surface area contributed by atoms with Gasteiger partial charge in [0.2, 0.25) is 0 Å². The van der Waals surface area contributed by atoms with E-state index in [1.54, 1.807) is 11.6 Å². The number of hydrogen-bond donors (Lipinski definition) is 0. The summed E-state index contributed by atoms with van der Waals surface area (Å²) < 4.78 is 44.4. The van der Waals surface area contributed by atoms with Gasteiger partial charge in [-0.2, -0.15) is 13.2 Å². The van der Waals surface area contributed by atoms with Gasteiger partial charge in [0.05, 0.1) is 18.8 Å². The van der Waals surface area contributed by atoms with E-state index in [1.165, 1.54) is 4.90 Å². The number of rotatable bonds is 6. The number of benzene rings is 1. The molecule has 2 heterocycles. The van der Waals surface area contributed by atoms with E-state index in [1.807, 2.05) is 24.3 Å². The Morgan fingerprint density at radius 1 is 1.23 bits per heavy atom. The molecule has 1 aliphatic heterocycles. The Bertz CT molecular complexity index is 871. The Hall–Kier alpha value is -2.42. The first-order valence-corrected chi connectivity index (χ1v) is 10.1. The van der Waals surface area contributed by atoms with Crippen LogP contribution in [0.15, 0.2) is 24.3 Å². The van der Waals surface area contributed by atoms with Crippen LogP contribution in [-0.2, 0) is 4.74 Å². The summed E-state index contributed by atoms with van der Waals surface area (Å²) in [5, 5.41) is 4.34. The Morgan fingerprint density at radius 2 is 1.90 bits per heavy atom. The highest BCUT2D eigenvalue weighted by molar-refractivity contribution is 5.85. The van der Waals surface area contributed by atoms with Crippen LogP contribution in [0.25, 0.3) is 5.69 Å². The summed E-state index contributed by atoms with van der Waals surface area (Å²) in [6, 6.07) is 7.82. The fourth-order valence-electron chi connectivity index (χ4n) is 3.70. The number of para-hydroxylation sites is 1. The summed E-state index contributed by atoms with van der Waals surface area (Å²) in [5.41, 5.74) is 1.96. The Morgan fingerprint density at radius 3 is 2.53 bits per heavy atom. The zero-order chi connectivity index (χ0) is 21.9. The van der Waals surface area contributed by atoms with E-state index in [-0.39, 0.29) is 24.3 Å². The molecule has 0 radical (unpaired) electrons. The van der Waals surface area contributed by atoms with Crippen molar-refractivity contribution >= 4 is 5.97 Å². The second-order valence-electron chi connectivity index (χ2n) is 8.04. The van der Waals surface area contributed by atoms with E-state index in [9.17, 15) is 18.0 Å². The van der Waals surface area contributed by atoms with Crippen LogP contribution in [0, 0.1) is 12.8 Å². The van der Waals surface area contributed by atoms with Crippen molar-refractivity contribution in [3.05, 3.63) is 41.5 Å². The zero-order valence-electron chi connectivity index (χ0n) is 17.4. The first-order chi connectivity index (χ1) is 14.1. The van der Waals surface area contributed by atoms with Crippen molar-refractivity contribution in [3.8, 4) is 5.69 Å². The van der Waals surface area contributed by atoms with Crippen molar-refractivity contribution in [2.45, 2.75) is 45.7 Å². The molecule has 0 saturated carbocycles. The first kappa shape index (κ1) is 22.3. The molecule has 0 aliphatic carbocycles. The number of esters is 1. The molecule has 30 heavy (non-hydrogen) atoms. The van der Waals surface area contributed by atoms with Crippen molar-refractivity contribution in [3.63, 3.8) is 0 Å². The largest absolute Gasteiger partial charge is 0.459 e. The van der Waals surface area contributed by atoms with Gasteiger partial charge in [0.15, 0.2) is 0 Å². The van der Waals surface area contributed by atoms with Gasteiger partial charge in [-0.15, -0.1) is 5.10 Å². The molecule has 164 valence electrons. The molecule has 1 saturated heterocycles. The lowest BCUT2D eigenvalue weighted by Gasteiger charge is -2.31. The minimum absolute atomic E-state index is 0.0134. The van der Waals surface area contributed by atoms with Gasteiger partial charge in [-0.1, -0.05) is 32.0 Å². The summed E-state index contributed by atoms with van der Waals surface area (Å²) in [5.74, 6) is 0.277. The number of hydrogen-bond acceptors (Lipinski definition) is 5. The molecule has 0 bridgehead atoms. The summed E-state index contributed by atoms with van der Waals surface area (Å²) in [4.78, 5) is 18.1. The third-order valence-electron chi connectivity index (χ3n) is 5.30. The lowest BCUT2D eigenvalue weighted by Crippen LogP contribution is -2.40. The molecule has 0 spiro atoms. The molecule has 0 unspecified atom stereocenters. The van der Waals surface area contributed by atoms with Crippen molar-refractivity contribution in [1.29, 1.82) is 0 Å². The van der Waals surface area contributed by atoms with E-state index >= 15 is 0 Å². The summed E-state index contributed by atoms with van der Waals surface area (Å²) >= 11 is 0. The van der Waals surface area contributed by atoms with Gasteiger partial charge in [0.1, 0.15) is 5.82 Å². The summed E-state index contributed by atoms with van der Waals surface area (Å²) in [7, 11) is 0. The number of nitrogens with zero attached hydrogens (tertiary/aromatic N) is 4. The van der Waals surface area contributed by atoms with Gasteiger partial charge in [-0.25, -0.2) is 14.5 Å². The third kappa shape index (κ3) is 5.59. The number of aryl methyl sites for hydroxylation is 1. The summed E-state index contributed by atoms with van der Waals surface area (Å²) in [6.07, 6.45) is -3.06. The number of carbonyl (C=O) groups is 1. The lowest BCUT2D eigenvalue weighted by molar-refractivity contribution is -0.148. The smallest absolute Gasteiger partial charge is 0.401 e. The molecule has 1 aromatic carbocycles. The van der Waals surface area contributed by atoms with E-state index in [4.69, 9.17) is 4.74 Å². The molecule has 1 aromatic heterocycles. The predicted molar refractivity (Wildman–Crippen MR) is 106 cm³/mol. The van der Waals surface area contributed by atoms with Gasteiger partial charge >= 0.3 is 12.1 Å². The maximum atomic E-state index is 12.5. The van der Waals surface area contributed by atoms with Crippen molar-refractivity contribution in [2.24, 2.45) is 5.92 Å². The molecule has 1 aliphatic rings. The average Bonchev–Trinajstić information content (AvgIpc) is 3.07. The maximum Gasteiger partial charge on any atom is 0.401 e. The second-order valence-corrected chi connectivity index (χ2v) is 8.04. The number of alkyl halides is 3. The highest BCUT2D eigenvalue weighted by Crippen LogP contribution is 2.24. The molecule has 3 rings (SSSR count). The zero-order valence-corrected chi connectivity index (χ0v) is 17.4. The number of likely N-dealkylation sites (tertiary alicyclic amines) is 1. The van der Waals surface area contributed by atoms with Crippen LogP contribution in [0.5, 0.6) is 0 Å². The number of piperidine rings is 1. The quantitative estimate of drug-likeness (QED) is 0.653. The molecule has 0 atom stereocenters. The van der Waals surface area contributed by atoms with Gasteiger partial charge in [0, 0.05) is 0 Å². The minimum Gasteiger partial charge on any atom is -0.459 e. The predicted octanol–water partition coefficient (Wildman–Crippen LogP) is 4.13. The van der Waals surface area contributed by atoms with Gasteiger partial charge in [-0.3, -0.25) is 4.90 Å². The van der Waals surface area contributed by atoms with Crippen LogP contribution in [0.3, 0.4) is 0 Å². The standard InChI is InChI=1S/C21H27F3N4O2/c1-14(2)17-6-4-5-7-18(17)28-15(3)25-19(26-28)20(29)30-12-16-8-10-27(11-9-16)13-21(22,23)24/h4-7,14,16H,8-13H2,1-3H3. The van der Waals surface area contributed by atoms with Gasteiger partial charge in [0.25, 0.3) is 5.82 Å².